The van der Waals surface area contributed by atoms with Crippen molar-refractivity contribution >= 4 is 17.9 Å². The van der Waals surface area contributed by atoms with Crippen molar-refractivity contribution in [2.24, 2.45) is 0 Å². The van der Waals surface area contributed by atoms with E-state index in [1.807, 2.05) is 0 Å². The summed E-state index contributed by atoms with van der Waals surface area (Å²) in [6.07, 6.45) is -1.22. The molecule has 0 aromatic rings. The molecule has 2 atom stereocenters. The molecule has 0 aromatic heterocycles. The van der Waals surface area contributed by atoms with Gasteiger partial charge in [0.2, 0.25) is 0 Å². The van der Waals surface area contributed by atoms with E-state index in [1.165, 1.54) is 0 Å². The molecular weight excluding hydrogens is 589 g/mol. The fourth-order valence-corrected chi connectivity index (χ4v) is 3.53. The first kappa shape index (κ1) is 34.6. The smallest absolute Gasteiger partial charge is 0.317 e. The van der Waals surface area contributed by atoms with Crippen molar-refractivity contribution < 1.29 is 90.4 Å². The molecule has 1 rings (SSSR count). The van der Waals surface area contributed by atoms with Crippen LogP contribution in [0, 0.1) is 39.9 Å². The van der Waals surface area contributed by atoms with Gasteiger partial charge in [-0.15, -0.1) is 0 Å². The predicted molar refractivity (Wildman–Crippen MR) is 113 cm³/mol. The number of hydrogen-bond donors (Lipinski definition) is 6. The summed E-state index contributed by atoms with van der Waals surface area (Å²) < 4.78 is 0. The van der Waals surface area contributed by atoms with Crippen molar-refractivity contribution in [3.05, 3.63) is 0 Å². The second-order valence-electron chi connectivity index (χ2n) is 7.55. The number of nitrogens with zero attached hydrogens (tertiary/aromatic N) is 4. The van der Waals surface area contributed by atoms with E-state index in [-0.39, 0.29) is 117 Å². The molecule has 15 heteroatoms. The molecule has 1 aliphatic rings. The van der Waals surface area contributed by atoms with E-state index in [0.29, 0.717) is 0 Å². The van der Waals surface area contributed by atoms with Crippen LogP contribution < -0.4 is 0 Å². The maximum absolute atomic E-state index is 11.2. The number of aliphatic carboxylic acids is 3. The first-order chi connectivity index (χ1) is 14.7. The van der Waals surface area contributed by atoms with Gasteiger partial charge >= 0.3 is 17.9 Å². The third kappa shape index (κ3) is 14.4. The van der Waals surface area contributed by atoms with Gasteiger partial charge < -0.3 is 36.1 Å². The maximum atomic E-state index is 11.2. The average Bonchev–Trinajstić information content (AvgIpc) is 2.68. The van der Waals surface area contributed by atoms with Crippen molar-refractivity contribution in [1.82, 2.24) is 19.6 Å². The summed E-state index contributed by atoms with van der Waals surface area (Å²) in [7, 11) is 0. The Morgan fingerprint density at radius 3 is 1.18 bits per heavy atom. The van der Waals surface area contributed by atoms with Gasteiger partial charge in [0.15, 0.2) is 0 Å². The second kappa shape index (κ2) is 18.7. The second-order valence-corrected chi connectivity index (χ2v) is 7.55. The van der Waals surface area contributed by atoms with Crippen LogP contribution in [0.4, 0.5) is 0 Å². The van der Waals surface area contributed by atoms with Crippen LogP contribution in [0.25, 0.3) is 0 Å². The topological polar surface area (TPSA) is 219 Å². The fourth-order valence-electron chi connectivity index (χ4n) is 3.53. The largest absolute Gasteiger partial charge is 0.480 e. The zero-order valence-corrected chi connectivity index (χ0v) is 20.7. The molecule has 33 heavy (non-hydrogen) atoms. The molecule has 0 aliphatic carbocycles. The van der Waals surface area contributed by atoms with Crippen LogP contribution in [0.1, 0.15) is 0 Å². The van der Waals surface area contributed by atoms with E-state index in [1.54, 1.807) is 19.6 Å². The number of carboxylic acid groups (broad SMARTS) is 3. The van der Waals surface area contributed by atoms with Gasteiger partial charge in [0.1, 0.15) is 0 Å². The Morgan fingerprint density at radius 1 is 0.636 bits per heavy atom. The van der Waals surface area contributed by atoms with Gasteiger partial charge in [-0.25, -0.2) is 0 Å². The molecule has 9 N–H and O–H groups in total. The number of carboxylic acids is 3. The van der Waals surface area contributed by atoms with Gasteiger partial charge in [-0.05, 0) is 0 Å². The van der Waals surface area contributed by atoms with Crippen molar-refractivity contribution in [2.75, 3.05) is 85.2 Å². The Balaban J connectivity index is 0. The summed E-state index contributed by atoms with van der Waals surface area (Å²) in [6.45, 7) is 0.396. The van der Waals surface area contributed by atoms with E-state index in [4.69, 9.17) is 5.11 Å². The normalized spacial score (nSPS) is 19.7. The van der Waals surface area contributed by atoms with Gasteiger partial charge in [0, 0.05) is 92.3 Å². The third-order valence-corrected chi connectivity index (χ3v) is 5.24. The minimum Gasteiger partial charge on any atom is -0.480 e. The summed E-state index contributed by atoms with van der Waals surface area (Å²) in [5.41, 5.74) is 0. The third-order valence-electron chi connectivity index (χ3n) is 5.24. The standard InChI is InChI=1S/C18H34N4O9.Gd.H2O/c23-12-14(15(25)13-24)22-7-5-20(10-17(28)29)3-1-19(9-16(26)27)2-4-21(6-8-22)11-18(30)31;;/h14-15,23-25H,1-13H2,(H,26,27)(H,28,29)(H,30,31);;1H2/p+1. The van der Waals surface area contributed by atoms with Crippen molar-refractivity contribution in [3.8, 4) is 0 Å². The van der Waals surface area contributed by atoms with Gasteiger partial charge in [-0.2, -0.15) is 0 Å². The molecular formula is C18H37GdN4O10+. The van der Waals surface area contributed by atoms with E-state index in [0.717, 1.165) is 0 Å². The summed E-state index contributed by atoms with van der Waals surface area (Å²) in [6, 6.07) is -0.796. The molecule has 0 radical (unpaired) electrons. The monoisotopic (exact) mass is 627 g/mol. The van der Waals surface area contributed by atoms with Crippen LogP contribution >= 0.6 is 0 Å². The summed E-state index contributed by atoms with van der Waals surface area (Å²) >= 11 is 0. The molecule has 0 spiro atoms. The van der Waals surface area contributed by atoms with Gasteiger partial charge in [0.25, 0.3) is 0 Å². The molecule has 1 saturated heterocycles. The van der Waals surface area contributed by atoms with Crippen molar-refractivity contribution in [1.29, 1.82) is 0 Å². The van der Waals surface area contributed by atoms with Gasteiger partial charge in [-0.3, -0.25) is 34.0 Å². The number of carbonyl (C=O) groups is 3. The summed E-state index contributed by atoms with van der Waals surface area (Å²) in [5, 5.41) is 56.6. The molecule has 0 saturated carbocycles. The molecule has 196 valence electrons. The van der Waals surface area contributed by atoms with E-state index in [2.05, 4.69) is 0 Å². The molecule has 0 amide bonds. The molecule has 1 aliphatic heterocycles. The van der Waals surface area contributed by atoms with Crippen molar-refractivity contribution in [3.63, 3.8) is 0 Å². The Labute approximate surface area is 224 Å². The summed E-state index contributed by atoms with van der Waals surface area (Å²) in [4.78, 5) is 40.3. The molecule has 0 aromatic carbocycles. The maximum Gasteiger partial charge on any atom is 0.317 e. The van der Waals surface area contributed by atoms with Crippen LogP contribution in [0.5, 0.6) is 0 Å². The zero-order valence-electron chi connectivity index (χ0n) is 18.5. The zero-order chi connectivity index (χ0) is 23.4. The summed E-state index contributed by atoms with van der Waals surface area (Å²) in [5.74, 6) is -3.10. The minimum absolute atomic E-state index is 0. The van der Waals surface area contributed by atoms with Gasteiger partial charge in [0.05, 0.1) is 45.0 Å². The first-order valence-electron chi connectivity index (χ1n) is 10.1. The van der Waals surface area contributed by atoms with E-state index in [9.17, 15) is 39.9 Å². The first-order valence-corrected chi connectivity index (χ1v) is 10.1. The van der Waals surface area contributed by atoms with Crippen LogP contribution in [0.3, 0.4) is 0 Å². The number of aliphatic hydroxyl groups is 3. The Kier molecular flexibility index (Phi) is 19.6. The predicted octanol–water partition coefficient (Wildman–Crippen LogP) is -4.75. The molecule has 0 bridgehead atoms. The van der Waals surface area contributed by atoms with Crippen LogP contribution in [0.2, 0.25) is 0 Å². The number of aliphatic hydroxyl groups excluding tert-OH is 3. The number of rotatable bonds is 10. The van der Waals surface area contributed by atoms with Crippen molar-refractivity contribution in [2.45, 2.75) is 12.1 Å². The molecule has 14 nitrogen and oxygen atoms in total. The number of hydrogen-bond acceptors (Lipinski definition) is 10. The minimum atomic E-state index is -1.22. The quantitative estimate of drug-likeness (QED) is 0.126. The van der Waals surface area contributed by atoms with Gasteiger partial charge in [-0.1, -0.05) is 0 Å². The average molecular weight is 627 g/mol. The van der Waals surface area contributed by atoms with Crippen LogP contribution in [-0.2, 0) is 19.9 Å². The Morgan fingerprint density at radius 2 is 0.939 bits per heavy atom. The van der Waals surface area contributed by atoms with Crippen LogP contribution in [0.15, 0.2) is 0 Å². The van der Waals surface area contributed by atoms with E-state index >= 15 is 0 Å². The molecule has 1 fully saturated rings. The molecule has 1 heterocycles. The fraction of sp³-hybridized carbons (Fsp3) is 0.833. The Bertz CT molecular complexity index is 556. The molecule has 2 unspecified atom stereocenters. The van der Waals surface area contributed by atoms with Crippen LogP contribution in [-0.4, -0.2) is 165 Å². The SMILES string of the molecule is O=C(O)CN1CCN(CC(=O)O)CCN(C(CO)C(O)CO)CCN(CC(=O)O)CC1.[Gd].[OH3+]. The van der Waals surface area contributed by atoms with E-state index < -0.39 is 43.3 Å². The Hall–Kier alpha value is -0.585.